The molecular formula is C15H22N2O4. The second-order valence-electron chi connectivity index (χ2n) is 4.44. The lowest BCUT2D eigenvalue weighted by atomic mass is 10.3. The third-order valence-electron chi connectivity index (χ3n) is 2.79. The Labute approximate surface area is 125 Å². The topological polar surface area (TPSA) is 67.9 Å². The molecule has 0 saturated heterocycles. The Morgan fingerprint density at radius 3 is 2.43 bits per heavy atom. The minimum absolute atomic E-state index is 0.00586. The fraction of sp³-hybridized carbons (Fsp3) is 0.467. The lowest BCUT2D eigenvalue weighted by Crippen LogP contribution is -2.38. The summed E-state index contributed by atoms with van der Waals surface area (Å²) in [4.78, 5) is 24.8. The lowest BCUT2D eigenvalue weighted by molar-refractivity contribution is -0.133. The van der Waals surface area contributed by atoms with E-state index >= 15 is 0 Å². The summed E-state index contributed by atoms with van der Waals surface area (Å²) in [5.41, 5.74) is 0.665. The highest BCUT2D eigenvalue weighted by molar-refractivity contribution is 5.94. The van der Waals surface area contributed by atoms with Gasteiger partial charge in [0.25, 0.3) is 0 Å². The molecule has 0 bridgehead atoms. The minimum atomic E-state index is -0.245. The van der Waals surface area contributed by atoms with Crippen molar-refractivity contribution in [2.75, 3.05) is 38.7 Å². The fourth-order valence-corrected chi connectivity index (χ4v) is 1.72. The van der Waals surface area contributed by atoms with Crippen LogP contribution in [0.15, 0.2) is 24.3 Å². The third kappa shape index (κ3) is 6.27. The number of carbonyl (C=O) groups excluding carboxylic acids is 2. The molecule has 0 spiro atoms. The maximum atomic E-state index is 11.9. The van der Waals surface area contributed by atoms with Crippen LogP contribution in [0.4, 0.5) is 5.69 Å². The molecule has 21 heavy (non-hydrogen) atoms. The second kappa shape index (κ2) is 8.97. The molecule has 1 N–H and O–H groups in total. The highest BCUT2D eigenvalue weighted by atomic mass is 16.5. The molecule has 6 nitrogen and oxygen atoms in total. The number of amides is 2. The first kappa shape index (κ1) is 17.0. The number of anilines is 1. The van der Waals surface area contributed by atoms with Crippen molar-refractivity contribution < 1.29 is 19.1 Å². The standard InChI is InChI=1S/C15H22N2O4/c1-4-21-14-7-5-13(6-8-14)16-15(19)11-17(12(2)18)9-10-20-3/h5-8H,4,9-11H2,1-3H3,(H,16,19). The second-order valence-corrected chi connectivity index (χ2v) is 4.44. The van der Waals surface area contributed by atoms with Crippen LogP contribution in [0.5, 0.6) is 5.75 Å². The van der Waals surface area contributed by atoms with Gasteiger partial charge in [-0.1, -0.05) is 0 Å². The van der Waals surface area contributed by atoms with Gasteiger partial charge in [-0.15, -0.1) is 0 Å². The molecule has 1 aromatic carbocycles. The summed E-state index contributed by atoms with van der Waals surface area (Å²) in [5.74, 6) is 0.348. The van der Waals surface area contributed by atoms with E-state index in [-0.39, 0.29) is 18.4 Å². The molecule has 0 aliphatic rings. The molecule has 0 radical (unpaired) electrons. The van der Waals surface area contributed by atoms with E-state index in [1.165, 1.54) is 11.8 Å². The van der Waals surface area contributed by atoms with E-state index in [4.69, 9.17) is 9.47 Å². The van der Waals surface area contributed by atoms with Gasteiger partial charge in [-0.2, -0.15) is 0 Å². The van der Waals surface area contributed by atoms with Crippen molar-refractivity contribution >= 4 is 17.5 Å². The molecule has 0 fully saturated rings. The molecule has 2 amide bonds. The van der Waals surface area contributed by atoms with Crippen LogP contribution in [0, 0.1) is 0 Å². The van der Waals surface area contributed by atoms with E-state index < -0.39 is 0 Å². The Morgan fingerprint density at radius 2 is 1.90 bits per heavy atom. The van der Waals surface area contributed by atoms with Crippen molar-refractivity contribution in [2.24, 2.45) is 0 Å². The monoisotopic (exact) mass is 294 g/mol. The lowest BCUT2D eigenvalue weighted by Gasteiger charge is -2.20. The number of nitrogens with zero attached hydrogens (tertiary/aromatic N) is 1. The van der Waals surface area contributed by atoms with E-state index in [2.05, 4.69) is 5.32 Å². The average Bonchev–Trinajstić information content (AvgIpc) is 2.45. The van der Waals surface area contributed by atoms with Crippen molar-refractivity contribution in [1.29, 1.82) is 0 Å². The smallest absolute Gasteiger partial charge is 0.243 e. The van der Waals surface area contributed by atoms with Gasteiger partial charge in [-0.05, 0) is 31.2 Å². The number of hydrogen-bond acceptors (Lipinski definition) is 4. The normalized spacial score (nSPS) is 10.0. The molecule has 0 aromatic heterocycles. The zero-order valence-corrected chi connectivity index (χ0v) is 12.7. The average molecular weight is 294 g/mol. The SMILES string of the molecule is CCOc1ccc(NC(=O)CN(CCOC)C(C)=O)cc1. The number of carbonyl (C=O) groups is 2. The summed E-state index contributed by atoms with van der Waals surface area (Å²) in [5, 5.41) is 2.74. The van der Waals surface area contributed by atoms with Crippen LogP contribution >= 0.6 is 0 Å². The molecule has 0 atom stereocenters. The fourth-order valence-electron chi connectivity index (χ4n) is 1.72. The van der Waals surface area contributed by atoms with Gasteiger partial charge >= 0.3 is 0 Å². The predicted molar refractivity (Wildman–Crippen MR) is 80.4 cm³/mol. The first-order chi connectivity index (χ1) is 10.1. The van der Waals surface area contributed by atoms with Crippen LogP contribution in [0.3, 0.4) is 0 Å². The minimum Gasteiger partial charge on any atom is -0.494 e. The highest BCUT2D eigenvalue weighted by Crippen LogP contribution is 2.15. The molecule has 0 heterocycles. The Hall–Kier alpha value is -2.08. The number of ether oxygens (including phenoxy) is 2. The molecule has 0 aliphatic carbocycles. The van der Waals surface area contributed by atoms with Crippen molar-refractivity contribution in [3.05, 3.63) is 24.3 Å². The Bertz CT molecular complexity index is 459. The number of methoxy groups -OCH3 is 1. The van der Waals surface area contributed by atoms with E-state index in [1.807, 2.05) is 6.92 Å². The molecule has 1 aromatic rings. The van der Waals surface area contributed by atoms with Gasteiger partial charge in [0.1, 0.15) is 5.75 Å². The van der Waals surface area contributed by atoms with Crippen molar-refractivity contribution in [2.45, 2.75) is 13.8 Å². The van der Waals surface area contributed by atoms with Gasteiger partial charge in [0.05, 0.1) is 19.8 Å². The molecule has 0 aliphatic heterocycles. The third-order valence-corrected chi connectivity index (χ3v) is 2.79. The van der Waals surface area contributed by atoms with Crippen molar-refractivity contribution in [3.63, 3.8) is 0 Å². The number of rotatable bonds is 8. The number of hydrogen-bond donors (Lipinski definition) is 1. The summed E-state index contributed by atoms with van der Waals surface area (Å²) >= 11 is 0. The van der Waals surface area contributed by atoms with E-state index in [9.17, 15) is 9.59 Å². The van der Waals surface area contributed by atoms with Crippen LogP contribution in [0.25, 0.3) is 0 Å². The molecular weight excluding hydrogens is 272 g/mol. The number of benzene rings is 1. The van der Waals surface area contributed by atoms with Gasteiger partial charge in [0.2, 0.25) is 11.8 Å². The summed E-state index contributed by atoms with van der Waals surface area (Å²) in [7, 11) is 1.55. The van der Waals surface area contributed by atoms with Gasteiger partial charge in [-0.25, -0.2) is 0 Å². The summed E-state index contributed by atoms with van der Waals surface area (Å²) in [6, 6.07) is 7.09. The van der Waals surface area contributed by atoms with Gasteiger partial charge < -0.3 is 19.7 Å². The largest absolute Gasteiger partial charge is 0.494 e. The zero-order chi connectivity index (χ0) is 15.7. The van der Waals surface area contributed by atoms with Crippen LogP contribution in [-0.4, -0.2) is 50.1 Å². The molecule has 6 heteroatoms. The predicted octanol–water partition coefficient (Wildman–Crippen LogP) is 1.52. The van der Waals surface area contributed by atoms with Crippen LogP contribution < -0.4 is 10.1 Å². The Morgan fingerprint density at radius 1 is 1.24 bits per heavy atom. The van der Waals surface area contributed by atoms with Crippen LogP contribution in [0.1, 0.15) is 13.8 Å². The van der Waals surface area contributed by atoms with E-state index in [1.54, 1.807) is 31.4 Å². The van der Waals surface area contributed by atoms with Crippen molar-refractivity contribution in [3.8, 4) is 5.75 Å². The van der Waals surface area contributed by atoms with E-state index in [0.29, 0.717) is 25.4 Å². The molecule has 1 rings (SSSR count). The first-order valence-electron chi connectivity index (χ1n) is 6.84. The maximum Gasteiger partial charge on any atom is 0.243 e. The van der Waals surface area contributed by atoms with Crippen molar-refractivity contribution in [1.82, 2.24) is 4.90 Å². The van der Waals surface area contributed by atoms with Crippen LogP contribution in [-0.2, 0) is 14.3 Å². The van der Waals surface area contributed by atoms with Crippen LogP contribution in [0.2, 0.25) is 0 Å². The summed E-state index contributed by atoms with van der Waals surface area (Å²) in [6.45, 7) is 4.73. The maximum absolute atomic E-state index is 11.9. The van der Waals surface area contributed by atoms with Gasteiger partial charge in [0.15, 0.2) is 0 Å². The molecule has 0 unspecified atom stereocenters. The Balaban J connectivity index is 2.52. The Kier molecular flexibility index (Phi) is 7.25. The van der Waals surface area contributed by atoms with Gasteiger partial charge in [0, 0.05) is 26.3 Å². The van der Waals surface area contributed by atoms with E-state index in [0.717, 1.165) is 5.75 Å². The molecule has 116 valence electrons. The van der Waals surface area contributed by atoms with Gasteiger partial charge in [-0.3, -0.25) is 9.59 Å². The quantitative estimate of drug-likeness (QED) is 0.789. The molecule has 0 saturated carbocycles. The first-order valence-corrected chi connectivity index (χ1v) is 6.84. The number of nitrogens with one attached hydrogen (secondary N) is 1. The zero-order valence-electron chi connectivity index (χ0n) is 12.7. The summed E-state index contributed by atoms with van der Waals surface area (Å²) < 4.78 is 10.2. The highest BCUT2D eigenvalue weighted by Gasteiger charge is 2.13. The summed E-state index contributed by atoms with van der Waals surface area (Å²) in [6.07, 6.45) is 0.